The number of carbonyl (C=O) groups excluding carboxylic acids is 1. The third-order valence-corrected chi connectivity index (χ3v) is 5.74. The summed E-state index contributed by atoms with van der Waals surface area (Å²) >= 11 is 4.54. The lowest BCUT2D eigenvalue weighted by molar-refractivity contribution is -0.113. The number of benzene rings is 2. The largest absolute Gasteiger partial charge is 0.497 e. The molecule has 0 atom stereocenters. The zero-order valence-corrected chi connectivity index (χ0v) is 20.0. The quantitative estimate of drug-likeness (QED) is 0.170. The molecule has 2 aromatic carbocycles. The van der Waals surface area contributed by atoms with Crippen molar-refractivity contribution < 1.29 is 14.3 Å². The van der Waals surface area contributed by atoms with Gasteiger partial charge in [0.05, 0.1) is 31.4 Å². The van der Waals surface area contributed by atoms with Gasteiger partial charge in [-0.3, -0.25) is 4.79 Å². The average molecular weight is 520 g/mol. The summed E-state index contributed by atoms with van der Waals surface area (Å²) < 4.78 is 12.7. The molecule has 0 radical (unpaired) electrons. The maximum atomic E-state index is 12.4. The second-order valence-corrected chi connectivity index (χ2v) is 8.25. The van der Waals surface area contributed by atoms with E-state index in [9.17, 15) is 4.79 Å². The Balaban J connectivity index is 1.58. The van der Waals surface area contributed by atoms with Gasteiger partial charge in [0.15, 0.2) is 0 Å². The highest BCUT2D eigenvalue weighted by Crippen LogP contribution is 2.29. The summed E-state index contributed by atoms with van der Waals surface area (Å²) in [6.07, 6.45) is 0. The molecule has 0 bridgehead atoms. The SMILES string of the molecule is COc1ccc(NC(=O)CSc2nnc(N/N=C(\C)c3ccc(Br)cc3)n2N)c(OC)c1. The Morgan fingerprint density at radius 2 is 1.94 bits per heavy atom. The molecule has 0 saturated carbocycles. The van der Waals surface area contributed by atoms with Crippen LogP contribution in [0.3, 0.4) is 0 Å². The van der Waals surface area contributed by atoms with E-state index in [-0.39, 0.29) is 17.6 Å². The molecular weight excluding hydrogens is 498 g/mol. The van der Waals surface area contributed by atoms with Crippen molar-refractivity contribution in [3.05, 3.63) is 52.5 Å². The zero-order chi connectivity index (χ0) is 23.1. The van der Waals surface area contributed by atoms with E-state index in [1.54, 1.807) is 25.3 Å². The number of nitrogen functional groups attached to an aromatic ring is 1. The normalized spacial score (nSPS) is 11.2. The predicted octanol–water partition coefficient (Wildman–Crippen LogP) is 3.34. The molecular formula is C20H22BrN7O3S. The first-order chi connectivity index (χ1) is 15.4. The first kappa shape index (κ1) is 23.4. The minimum Gasteiger partial charge on any atom is -0.497 e. The molecule has 0 spiro atoms. The molecule has 0 unspecified atom stereocenters. The monoisotopic (exact) mass is 519 g/mol. The molecule has 10 nitrogen and oxygen atoms in total. The number of ether oxygens (including phenoxy) is 2. The van der Waals surface area contributed by atoms with Crippen LogP contribution in [0.5, 0.6) is 11.5 Å². The molecule has 3 aromatic rings. The van der Waals surface area contributed by atoms with E-state index in [0.717, 1.165) is 27.5 Å². The van der Waals surface area contributed by atoms with Crippen molar-refractivity contribution in [2.24, 2.45) is 5.10 Å². The van der Waals surface area contributed by atoms with Gasteiger partial charge >= 0.3 is 0 Å². The number of amides is 1. The first-order valence-corrected chi connectivity index (χ1v) is 11.1. The second kappa shape index (κ2) is 10.9. The molecule has 0 aliphatic carbocycles. The molecule has 0 aliphatic rings. The number of carbonyl (C=O) groups is 1. The van der Waals surface area contributed by atoms with Crippen LogP contribution < -0.4 is 26.1 Å². The molecule has 12 heteroatoms. The van der Waals surface area contributed by atoms with Crippen LogP contribution in [0.1, 0.15) is 12.5 Å². The number of aromatic nitrogens is 3. The maximum absolute atomic E-state index is 12.4. The highest BCUT2D eigenvalue weighted by molar-refractivity contribution is 9.10. The lowest BCUT2D eigenvalue weighted by Crippen LogP contribution is -2.17. The van der Waals surface area contributed by atoms with Gasteiger partial charge < -0.3 is 20.6 Å². The van der Waals surface area contributed by atoms with Gasteiger partial charge in [-0.1, -0.05) is 39.8 Å². The van der Waals surface area contributed by atoms with Crippen LogP contribution in [0.4, 0.5) is 11.6 Å². The minimum absolute atomic E-state index is 0.0751. The van der Waals surface area contributed by atoms with E-state index in [1.165, 1.54) is 11.8 Å². The number of anilines is 2. The van der Waals surface area contributed by atoms with Crippen molar-refractivity contribution >= 4 is 50.9 Å². The molecule has 0 fully saturated rings. The number of nitrogens with one attached hydrogen (secondary N) is 2. The fourth-order valence-corrected chi connectivity index (χ4v) is 3.48. The Morgan fingerprint density at radius 1 is 1.19 bits per heavy atom. The molecule has 168 valence electrons. The van der Waals surface area contributed by atoms with Gasteiger partial charge in [-0.05, 0) is 36.8 Å². The standard InChI is InChI=1S/C20H22BrN7O3S/c1-12(13-4-6-14(21)7-5-13)24-25-19-26-27-20(28(19)22)32-11-18(29)23-16-9-8-15(30-2)10-17(16)31-3/h4-10H,11,22H2,1-3H3,(H,23,29)(H,25,26)/b24-12+. The van der Waals surface area contributed by atoms with E-state index in [2.05, 4.69) is 42.0 Å². The van der Waals surface area contributed by atoms with Gasteiger partial charge in [0.2, 0.25) is 11.1 Å². The Morgan fingerprint density at radius 3 is 2.62 bits per heavy atom. The van der Waals surface area contributed by atoms with Gasteiger partial charge in [0, 0.05) is 10.5 Å². The number of hydrogen-bond donors (Lipinski definition) is 3. The van der Waals surface area contributed by atoms with Gasteiger partial charge in [-0.2, -0.15) is 5.10 Å². The number of methoxy groups -OCH3 is 2. The zero-order valence-electron chi connectivity index (χ0n) is 17.6. The summed E-state index contributed by atoms with van der Waals surface area (Å²) in [5.74, 6) is 7.23. The summed E-state index contributed by atoms with van der Waals surface area (Å²) in [4.78, 5) is 12.4. The van der Waals surface area contributed by atoms with E-state index in [0.29, 0.717) is 22.3 Å². The molecule has 1 heterocycles. The molecule has 0 saturated heterocycles. The highest BCUT2D eigenvalue weighted by atomic mass is 79.9. The molecule has 32 heavy (non-hydrogen) atoms. The Hall–Kier alpha value is -3.25. The third-order valence-electron chi connectivity index (χ3n) is 4.27. The van der Waals surface area contributed by atoms with Crippen molar-refractivity contribution in [1.82, 2.24) is 14.9 Å². The van der Waals surface area contributed by atoms with Gasteiger partial charge in [0.1, 0.15) is 11.5 Å². The van der Waals surface area contributed by atoms with E-state index in [1.807, 2.05) is 31.2 Å². The summed E-state index contributed by atoms with van der Waals surface area (Å²) in [6, 6.07) is 12.9. The Kier molecular flexibility index (Phi) is 7.95. The lowest BCUT2D eigenvalue weighted by atomic mass is 10.1. The summed E-state index contributed by atoms with van der Waals surface area (Å²) in [5.41, 5.74) is 5.03. The van der Waals surface area contributed by atoms with Gasteiger partial charge in [0.25, 0.3) is 5.95 Å². The molecule has 4 N–H and O–H groups in total. The molecule has 1 aromatic heterocycles. The highest BCUT2D eigenvalue weighted by Gasteiger charge is 2.14. The smallest absolute Gasteiger partial charge is 0.264 e. The van der Waals surface area contributed by atoms with Crippen molar-refractivity contribution in [2.45, 2.75) is 12.1 Å². The Labute approximate surface area is 197 Å². The predicted molar refractivity (Wildman–Crippen MR) is 129 cm³/mol. The summed E-state index contributed by atoms with van der Waals surface area (Å²) in [5, 5.41) is 15.4. The number of thioether (sulfide) groups is 1. The number of hydrazone groups is 1. The van der Waals surface area contributed by atoms with Crippen molar-refractivity contribution in [3.8, 4) is 11.5 Å². The van der Waals surface area contributed by atoms with Crippen LogP contribution in [-0.2, 0) is 4.79 Å². The molecule has 3 rings (SSSR count). The van der Waals surface area contributed by atoms with Crippen molar-refractivity contribution in [1.29, 1.82) is 0 Å². The van der Waals surface area contributed by atoms with Crippen LogP contribution in [0.2, 0.25) is 0 Å². The van der Waals surface area contributed by atoms with Crippen LogP contribution in [0.25, 0.3) is 0 Å². The number of nitrogens with two attached hydrogens (primary N) is 1. The van der Waals surface area contributed by atoms with Gasteiger partial charge in [-0.25, -0.2) is 10.1 Å². The average Bonchev–Trinajstić information content (AvgIpc) is 3.16. The van der Waals surface area contributed by atoms with Crippen LogP contribution >= 0.6 is 27.7 Å². The lowest BCUT2D eigenvalue weighted by Gasteiger charge is -2.11. The Bertz CT molecular complexity index is 1120. The number of hydrogen-bond acceptors (Lipinski definition) is 9. The topological polar surface area (TPSA) is 129 Å². The van der Waals surface area contributed by atoms with Gasteiger partial charge in [-0.15, -0.1) is 10.2 Å². The van der Waals surface area contributed by atoms with E-state index in [4.69, 9.17) is 15.3 Å². The first-order valence-electron chi connectivity index (χ1n) is 9.32. The number of rotatable bonds is 9. The fourth-order valence-electron chi connectivity index (χ4n) is 2.56. The van der Waals surface area contributed by atoms with E-state index < -0.39 is 0 Å². The summed E-state index contributed by atoms with van der Waals surface area (Å²) in [6.45, 7) is 1.86. The maximum Gasteiger partial charge on any atom is 0.264 e. The van der Waals surface area contributed by atoms with Crippen molar-refractivity contribution in [2.75, 3.05) is 36.6 Å². The van der Waals surface area contributed by atoms with Crippen molar-refractivity contribution in [3.63, 3.8) is 0 Å². The van der Waals surface area contributed by atoms with Crippen LogP contribution in [0, 0.1) is 0 Å². The third kappa shape index (κ3) is 5.92. The van der Waals surface area contributed by atoms with Crippen LogP contribution in [-0.4, -0.2) is 46.5 Å². The summed E-state index contributed by atoms with van der Waals surface area (Å²) in [7, 11) is 3.08. The fraction of sp³-hybridized carbons (Fsp3) is 0.200. The molecule has 0 aliphatic heterocycles. The minimum atomic E-state index is -0.250. The second-order valence-electron chi connectivity index (χ2n) is 6.40. The number of nitrogens with zero attached hydrogens (tertiary/aromatic N) is 4. The number of halogens is 1. The molecule has 1 amide bonds. The van der Waals surface area contributed by atoms with Crippen LogP contribution in [0.15, 0.2) is 57.2 Å². The van der Waals surface area contributed by atoms with E-state index >= 15 is 0 Å².